The quantitative estimate of drug-likeness (QED) is 0.296. The summed E-state index contributed by atoms with van der Waals surface area (Å²) in [5.41, 5.74) is 0. The predicted octanol–water partition coefficient (Wildman–Crippen LogP) is 2.69. The lowest BCUT2D eigenvalue weighted by Gasteiger charge is -2.21. The van der Waals surface area contributed by atoms with Crippen molar-refractivity contribution in [1.29, 1.82) is 0 Å². The van der Waals surface area contributed by atoms with Crippen LogP contribution in [0.3, 0.4) is 0 Å². The minimum absolute atomic E-state index is 0.0857. The minimum Gasteiger partial charge on any atom is -0.436 e. The first-order valence-corrected chi connectivity index (χ1v) is 8.07. The highest BCUT2D eigenvalue weighted by molar-refractivity contribution is 6.71. The Morgan fingerprint density at radius 1 is 1.43 bits per heavy atom. The molecule has 0 rings (SSSR count). The number of ether oxygens (including phenoxy) is 1. The molecule has 0 aliphatic carbocycles. The van der Waals surface area contributed by atoms with Crippen LogP contribution in [-0.4, -0.2) is 21.1 Å². The van der Waals surface area contributed by atoms with Crippen molar-refractivity contribution in [3.8, 4) is 0 Å². The molecule has 0 atom stereocenters. The van der Waals surface area contributed by atoms with Gasteiger partial charge in [-0.3, -0.25) is 0 Å². The molecule has 0 aromatic carbocycles. The average molecular weight is 216 g/mol. The summed E-state index contributed by atoms with van der Waals surface area (Å²) < 4.78 is 10.4. The number of carbonyl (C=O) groups excluding carboxylic acids is 1. The third-order valence-corrected chi connectivity index (χ3v) is 4.41. The topological polar surface area (TPSA) is 35.5 Å². The predicted molar refractivity (Wildman–Crippen MR) is 59.4 cm³/mol. The van der Waals surface area contributed by atoms with E-state index in [1.165, 1.54) is 6.08 Å². The van der Waals surface area contributed by atoms with Crippen molar-refractivity contribution in [2.24, 2.45) is 0 Å². The summed E-state index contributed by atoms with van der Waals surface area (Å²) in [5, 5.41) is 0. The van der Waals surface area contributed by atoms with E-state index in [-0.39, 0.29) is 12.8 Å². The maximum atomic E-state index is 10.9. The van der Waals surface area contributed by atoms with Crippen molar-refractivity contribution in [3.05, 3.63) is 12.2 Å². The smallest absolute Gasteiger partial charge is 0.332 e. The average Bonchev–Trinajstić information content (AvgIpc) is 2.03. The first-order chi connectivity index (χ1) is 6.52. The highest BCUT2D eigenvalue weighted by Gasteiger charge is 2.21. The number of allylic oxidation sites excluding steroid dienone is 1. The summed E-state index contributed by atoms with van der Waals surface area (Å²) in [4.78, 5) is 10.9. The van der Waals surface area contributed by atoms with E-state index < -0.39 is 8.32 Å². The highest BCUT2D eigenvalue weighted by atomic mass is 28.4. The van der Waals surface area contributed by atoms with Gasteiger partial charge in [0, 0.05) is 6.08 Å². The van der Waals surface area contributed by atoms with Crippen LogP contribution in [0.5, 0.6) is 0 Å². The van der Waals surface area contributed by atoms with E-state index >= 15 is 0 Å². The lowest BCUT2D eigenvalue weighted by molar-refractivity contribution is -0.144. The van der Waals surface area contributed by atoms with E-state index in [0.717, 1.165) is 12.5 Å². The third kappa shape index (κ3) is 6.86. The van der Waals surface area contributed by atoms with Crippen LogP contribution < -0.4 is 0 Å². The molecule has 0 aliphatic heterocycles. The molecule has 0 heterocycles. The number of carbonyl (C=O) groups is 1. The Balaban J connectivity index is 3.67. The Morgan fingerprint density at radius 3 is 2.57 bits per heavy atom. The molecule has 0 radical (unpaired) electrons. The van der Waals surface area contributed by atoms with Gasteiger partial charge in [0.25, 0.3) is 0 Å². The number of esters is 1. The molecule has 3 nitrogen and oxygen atoms in total. The normalized spacial score (nSPS) is 12.0. The molecule has 0 aliphatic rings. The fourth-order valence-corrected chi connectivity index (χ4v) is 2.83. The molecule has 82 valence electrons. The number of hydrogen-bond acceptors (Lipinski definition) is 3. The fraction of sp³-hybridized carbons (Fsp3) is 0.700. The van der Waals surface area contributed by atoms with Crippen molar-refractivity contribution >= 4 is 14.3 Å². The molecule has 0 saturated heterocycles. The summed E-state index contributed by atoms with van der Waals surface area (Å²) in [5.74, 6) is -0.339. The van der Waals surface area contributed by atoms with E-state index in [1.807, 2.05) is 0 Å². The number of hydrogen-bond donors (Lipinski definition) is 0. The fourth-order valence-electron chi connectivity index (χ4n) is 1.11. The van der Waals surface area contributed by atoms with Gasteiger partial charge in [-0.25, -0.2) is 4.79 Å². The molecule has 0 aromatic heterocycles. The van der Waals surface area contributed by atoms with Crippen molar-refractivity contribution in [3.63, 3.8) is 0 Å². The van der Waals surface area contributed by atoms with Gasteiger partial charge in [0.15, 0.2) is 15.1 Å². The zero-order chi connectivity index (χ0) is 11.0. The van der Waals surface area contributed by atoms with Crippen LogP contribution in [0.15, 0.2) is 12.2 Å². The second-order valence-electron chi connectivity index (χ2n) is 3.74. The Labute approximate surface area is 87.2 Å². The van der Waals surface area contributed by atoms with Gasteiger partial charge in [-0.2, -0.15) is 0 Å². The van der Waals surface area contributed by atoms with Crippen molar-refractivity contribution in [2.45, 2.75) is 39.4 Å². The third-order valence-electron chi connectivity index (χ3n) is 1.81. The maximum absolute atomic E-state index is 10.9. The molecular weight excluding hydrogens is 196 g/mol. The monoisotopic (exact) mass is 216 g/mol. The van der Waals surface area contributed by atoms with E-state index in [4.69, 9.17) is 9.16 Å². The standard InChI is InChI=1S/C10H20O3Si/c1-5-7-10(11)12-9-13-14(3,4)8-6-2/h5,7H,6,8-9H2,1-4H3. The Hall–Kier alpha value is -0.613. The molecule has 0 aromatic rings. The summed E-state index contributed by atoms with van der Waals surface area (Å²) >= 11 is 0. The molecular formula is C10H20O3Si. The van der Waals surface area contributed by atoms with Gasteiger partial charge in [-0.05, 0) is 26.1 Å². The molecule has 0 fully saturated rings. The van der Waals surface area contributed by atoms with Gasteiger partial charge < -0.3 is 9.16 Å². The van der Waals surface area contributed by atoms with Crippen LogP contribution in [0.2, 0.25) is 19.1 Å². The summed E-state index contributed by atoms with van der Waals surface area (Å²) in [7, 11) is -1.59. The van der Waals surface area contributed by atoms with Crippen molar-refractivity contribution in [1.82, 2.24) is 0 Å². The lowest BCUT2D eigenvalue weighted by atomic mass is 10.5. The van der Waals surface area contributed by atoms with Gasteiger partial charge in [-0.1, -0.05) is 19.4 Å². The van der Waals surface area contributed by atoms with Crippen molar-refractivity contribution < 1.29 is 14.0 Å². The molecule has 14 heavy (non-hydrogen) atoms. The van der Waals surface area contributed by atoms with Gasteiger partial charge in [-0.15, -0.1) is 0 Å². The van der Waals surface area contributed by atoms with Crippen LogP contribution in [0.4, 0.5) is 0 Å². The second-order valence-corrected chi connectivity index (χ2v) is 8.04. The molecule has 0 unspecified atom stereocenters. The molecule has 0 spiro atoms. The van der Waals surface area contributed by atoms with E-state index in [1.54, 1.807) is 13.0 Å². The highest BCUT2D eigenvalue weighted by Crippen LogP contribution is 2.12. The van der Waals surface area contributed by atoms with Crippen LogP contribution in [0.25, 0.3) is 0 Å². The van der Waals surface area contributed by atoms with E-state index in [9.17, 15) is 4.79 Å². The van der Waals surface area contributed by atoms with E-state index in [0.29, 0.717) is 0 Å². The molecule has 0 saturated carbocycles. The largest absolute Gasteiger partial charge is 0.436 e. The molecule has 0 amide bonds. The van der Waals surface area contributed by atoms with Crippen LogP contribution in [0, 0.1) is 0 Å². The second kappa shape index (κ2) is 6.78. The van der Waals surface area contributed by atoms with Crippen LogP contribution >= 0.6 is 0 Å². The first-order valence-electron chi connectivity index (χ1n) is 4.95. The Bertz CT molecular complexity index is 200. The summed E-state index contributed by atoms with van der Waals surface area (Å²) in [6, 6.07) is 1.09. The number of rotatable bonds is 6. The molecule has 4 heteroatoms. The Morgan fingerprint density at radius 2 is 2.07 bits per heavy atom. The molecule has 0 N–H and O–H groups in total. The van der Waals surface area contributed by atoms with Gasteiger partial charge >= 0.3 is 5.97 Å². The van der Waals surface area contributed by atoms with Crippen molar-refractivity contribution in [2.75, 3.05) is 6.79 Å². The lowest BCUT2D eigenvalue weighted by Crippen LogP contribution is -2.31. The van der Waals surface area contributed by atoms with Crippen LogP contribution in [-0.2, 0) is 14.0 Å². The Kier molecular flexibility index (Phi) is 6.49. The molecule has 0 bridgehead atoms. The SMILES string of the molecule is CC=CC(=O)OCO[Si](C)(C)CCC. The summed E-state index contributed by atoms with van der Waals surface area (Å²) in [6.07, 6.45) is 4.15. The maximum Gasteiger partial charge on any atom is 0.332 e. The van der Waals surface area contributed by atoms with Gasteiger partial charge in [0.1, 0.15) is 0 Å². The zero-order valence-electron chi connectivity index (χ0n) is 9.50. The van der Waals surface area contributed by atoms with Gasteiger partial charge in [0.2, 0.25) is 0 Å². The summed E-state index contributed by atoms with van der Waals surface area (Å²) in [6.45, 7) is 8.24. The zero-order valence-corrected chi connectivity index (χ0v) is 10.5. The van der Waals surface area contributed by atoms with Crippen LogP contribution in [0.1, 0.15) is 20.3 Å². The first kappa shape index (κ1) is 13.4. The minimum atomic E-state index is -1.59. The van der Waals surface area contributed by atoms with Gasteiger partial charge in [0.05, 0.1) is 0 Å². The van der Waals surface area contributed by atoms with E-state index in [2.05, 4.69) is 20.0 Å².